The number of ether oxygens (including phenoxy) is 2. The van der Waals surface area contributed by atoms with Crippen LogP contribution in [-0.4, -0.2) is 26.3 Å². The molecule has 1 aromatic rings. The molecule has 16 heavy (non-hydrogen) atoms. The van der Waals surface area contributed by atoms with Crippen LogP contribution in [-0.2, 0) is 11.3 Å². The summed E-state index contributed by atoms with van der Waals surface area (Å²) in [5.74, 6) is 0.947. The molecule has 1 heterocycles. The van der Waals surface area contributed by atoms with E-state index in [0.717, 1.165) is 30.8 Å². The zero-order valence-electron chi connectivity index (χ0n) is 9.74. The van der Waals surface area contributed by atoms with Gasteiger partial charge in [0.1, 0.15) is 11.9 Å². The van der Waals surface area contributed by atoms with Crippen LogP contribution in [0.2, 0.25) is 0 Å². The maximum atomic E-state index is 5.92. The molecule has 0 saturated carbocycles. The molecule has 1 N–H and O–H groups in total. The fourth-order valence-corrected chi connectivity index (χ4v) is 1.99. The third-order valence-corrected chi connectivity index (χ3v) is 2.76. The molecule has 3 heteroatoms. The van der Waals surface area contributed by atoms with Crippen LogP contribution in [0, 0.1) is 0 Å². The molecule has 2 rings (SSSR count). The molecule has 1 unspecified atom stereocenters. The van der Waals surface area contributed by atoms with Crippen molar-refractivity contribution in [1.29, 1.82) is 0 Å². The quantitative estimate of drug-likeness (QED) is 0.843. The number of hydrogen-bond donors (Lipinski definition) is 1. The fraction of sp³-hybridized carbons (Fsp3) is 0.538. The molecule has 3 nitrogen and oxygen atoms in total. The smallest absolute Gasteiger partial charge is 0.120 e. The van der Waals surface area contributed by atoms with Crippen molar-refractivity contribution in [3.8, 4) is 5.75 Å². The van der Waals surface area contributed by atoms with E-state index in [0.29, 0.717) is 12.7 Å². The van der Waals surface area contributed by atoms with Crippen LogP contribution in [0.15, 0.2) is 24.3 Å². The maximum absolute atomic E-state index is 5.92. The Kier molecular flexibility index (Phi) is 4.19. The van der Waals surface area contributed by atoms with Crippen molar-refractivity contribution in [2.45, 2.75) is 25.6 Å². The van der Waals surface area contributed by atoms with Crippen molar-refractivity contribution in [2.24, 2.45) is 0 Å². The standard InChI is InChI=1S/C13H19NO2/c1-15-10-11-4-2-5-12(8-11)16-13-6-3-7-14-9-13/h2,4-5,8,13-14H,3,6-7,9-10H2,1H3. The molecule has 0 spiro atoms. The van der Waals surface area contributed by atoms with Gasteiger partial charge in [-0.1, -0.05) is 12.1 Å². The SMILES string of the molecule is COCc1cccc(OC2CCCNC2)c1. The molecule has 88 valence electrons. The third kappa shape index (κ3) is 3.22. The highest BCUT2D eigenvalue weighted by Gasteiger charge is 2.14. The summed E-state index contributed by atoms with van der Waals surface area (Å²) in [6, 6.07) is 8.13. The van der Waals surface area contributed by atoms with Gasteiger partial charge >= 0.3 is 0 Å². The van der Waals surface area contributed by atoms with Gasteiger partial charge < -0.3 is 14.8 Å². The van der Waals surface area contributed by atoms with Crippen molar-refractivity contribution in [2.75, 3.05) is 20.2 Å². The highest BCUT2D eigenvalue weighted by molar-refractivity contribution is 5.28. The summed E-state index contributed by atoms with van der Waals surface area (Å²) in [4.78, 5) is 0. The molecule has 1 aliphatic heterocycles. The minimum atomic E-state index is 0.312. The molecule has 0 aliphatic carbocycles. The first-order chi connectivity index (χ1) is 7.88. The summed E-state index contributed by atoms with van der Waals surface area (Å²) in [6.45, 7) is 2.71. The minimum Gasteiger partial charge on any atom is -0.489 e. The van der Waals surface area contributed by atoms with E-state index in [1.54, 1.807) is 7.11 Å². The number of piperidine rings is 1. The second kappa shape index (κ2) is 5.87. The minimum absolute atomic E-state index is 0.312. The second-order valence-corrected chi connectivity index (χ2v) is 4.17. The Hall–Kier alpha value is -1.06. The van der Waals surface area contributed by atoms with E-state index in [-0.39, 0.29) is 0 Å². The Bertz CT molecular complexity index is 321. The summed E-state index contributed by atoms with van der Waals surface area (Å²) in [5, 5.41) is 3.35. The van der Waals surface area contributed by atoms with Gasteiger partial charge in [0, 0.05) is 13.7 Å². The first-order valence-corrected chi connectivity index (χ1v) is 5.84. The van der Waals surface area contributed by atoms with Crippen LogP contribution in [0.3, 0.4) is 0 Å². The second-order valence-electron chi connectivity index (χ2n) is 4.17. The van der Waals surface area contributed by atoms with Gasteiger partial charge in [-0.3, -0.25) is 0 Å². The lowest BCUT2D eigenvalue weighted by atomic mass is 10.1. The first kappa shape index (κ1) is 11.4. The Morgan fingerprint density at radius 3 is 3.12 bits per heavy atom. The van der Waals surface area contributed by atoms with Gasteiger partial charge in [-0.15, -0.1) is 0 Å². The van der Waals surface area contributed by atoms with Crippen LogP contribution >= 0.6 is 0 Å². The van der Waals surface area contributed by atoms with E-state index >= 15 is 0 Å². The average molecular weight is 221 g/mol. The predicted molar refractivity (Wildman–Crippen MR) is 63.7 cm³/mol. The normalized spacial score (nSPS) is 20.7. The monoisotopic (exact) mass is 221 g/mol. The largest absolute Gasteiger partial charge is 0.489 e. The summed E-state index contributed by atoms with van der Waals surface area (Å²) in [7, 11) is 1.71. The van der Waals surface area contributed by atoms with Crippen LogP contribution in [0.5, 0.6) is 5.75 Å². The van der Waals surface area contributed by atoms with Crippen molar-refractivity contribution in [1.82, 2.24) is 5.32 Å². The van der Waals surface area contributed by atoms with Gasteiger partial charge in [0.25, 0.3) is 0 Å². The highest BCUT2D eigenvalue weighted by Crippen LogP contribution is 2.17. The van der Waals surface area contributed by atoms with Crippen LogP contribution < -0.4 is 10.1 Å². The lowest BCUT2D eigenvalue weighted by Crippen LogP contribution is -2.37. The molecule has 1 fully saturated rings. The fourth-order valence-electron chi connectivity index (χ4n) is 1.99. The Labute approximate surface area is 96.8 Å². The first-order valence-electron chi connectivity index (χ1n) is 5.84. The molecule has 1 saturated heterocycles. The summed E-state index contributed by atoms with van der Waals surface area (Å²) >= 11 is 0. The van der Waals surface area contributed by atoms with Crippen LogP contribution in [0.1, 0.15) is 18.4 Å². The molecule has 1 atom stereocenters. The molecule has 1 aromatic carbocycles. The molecule has 1 aliphatic rings. The van der Waals surface area contributed by atoms with E-state index in [1.165, 1.54) is 6.42 Å². The molecule has 0 bridgehead atoms. The topological polar surface area (TPSA) is 30.5 Å². The van der Waals surface area contributed by atoms with Gasteiger partial charge in [0.15, 0.2) is 0 Å². The van der Waals surface area contributed by atoms with Crippen LogP contribution in [0.4, 0.5) is 0 Å². The molecular formula is C13H19NO2. The Morgan fingerprint density at radius 1 is 1.44 bits per heavy atom. The van der Waals surface area contributed by atoms with Crippen molar-refractivity contribution < 1.29 is 9.47 Å². The summed E-state index contributed by atoms with van der Waals surface area (Å²) < 4.78 is 11.0. The number of rotatable bonds is 4. The van der Waals surface area contributed by atoms with E-state index in [1.807, 2.05) is 12.1 Å². The van der Waals surface area contributed by atoms with Gasteiger partial charge in [0.2, 0.25) is 0 Å². The maximum Gasteiger partial charge on any atom is 0.120 e. The van der Waals surface area contributed by atoms with E-state index in [9.17, 15) is 0 Å². The van der Waals surface area contributed by atoms with Crippen molar-refractivity contribution >= 4 is 0 Å². The number of benzene rings is 1. The third-order valence-electron chi connectivity index (χ3n) is 2.76. The molecule has 0 aromatic heterocycles. The lowest BCUT2D eigenvalue weighted by Gasteiger charge is -2.24. The zero-order valence-corrected chi connectivity index (χ0v) is 9.74. The van der Waals surface area contributed by atoms with E-state index in [2.05, 4.69) is 17.4 Å². The zero-order chi connectivity index (χ0) is 11.2. The van der Waals surface area contributed by atoms with Crippen LogP contribution in [0.25, 0.3) is 0 Å². The van der Waals surface area contributed by atoms with Gasteiger partial charge in [-0.2, -0.15) is 0 Å². The number of nitrogens with one attached hydrogen (secondary N) is 1. The summed E-state index contributed by atoms with van der Waals surface area (Å²) in [5.41, 5.74) is 1.16. The predicted octanol–water partition coefficient (Wildman–Crippen LogP) is 1.96. The highest BCUT2D eigenvalue weighted by atomic mass is 16.5. The van der Waals surface area contributed by atoms with Gasteiger partial charge in [-0.25, -0.2) is 0 Å². The van der Waals surface area contributed by atoms with E-state index in [4.69, 9.17) is 9.47 Å². The van der Waals surface area contributed by atoms with Crippen molar-refractivity contribution in [3.05, 3.63) is 29.8 Å². The Morgan fingerprint density at radius 2 is 2.38 bits per heavy atom. The van der Waals surface area contributed by atoms with Gasteiger partial charge in [-0.05, 0) is 37.1 Å². The Balaban J connectivity index is 1.94. The van der Waals surface area contributed by atoms with Gasteiger partial charge in [0.05, 0.1) is 6.61 Å². The molecule has 0 radical (unpaired) electrons. The van der Waals surface area contributed by atoms with E-state index < -0.39 is 0 Å². The number of hydrogen-bond acceptors (Lipinski definition) is 3. The summed E-state index contributed by atoms with van der Waals surface area (Å²) in [6.07, 6.45) is 2.65. The molecule has 0 amide bonds. The average Bonchev–Trinajstić information content (AvgIpc) is 2.31. The number of methoxy groups -OCH3 is 1. The molecular weight excluding hydrogens is 202 g/mol. The van der Waals surface area contributed by atoms with Crippen molar-refractivity contribution in [3.63, 3.8) is 0 Å². The lowest BCUT2D eigenvalue weighted by molar-refractivity contribution is 0.164.